The van der Waals surface area contributed by atoms with Crippen LogP contribution >= 0.6 is 12.2 Å². The third-order valence-corrected chi connectivity index (χ3v) is 5.16. The Morgan fingerprint density at radius 2 is 1.60 bits per heavy atom. The Morgan fingerprint density at radius 1 is 0.933 bits per heavy atom. The summed E-state index contributed by atoms with van der Waals surface area (Å²) < 4.78 is 0. The Balaban J connectivity index is 1.79. The maximum absolute atomic E-state index is 12.1. The number of anilines is 1. The van der Waals surface area contributed by atoms with E-state index in [1.54, 1.807) is 31.1 Å². The Labute approximate surface area is 183 Å². The van der Waals surface area contributed by atoms with Gasteiger partial charge in [-0.1, -0.05) is 54.1 Å². The molecule has 2 N–H and O–H groups in total. The number of amides is 1. The van der Waals surface area contributed by atoms with E-state index in [0.29, 0.717) is 10.7 Å². The van der Waals surface area contributed by atoms with E-state index in [-0.39, 0.29) is 11.9 Å². The molecule has 0 aromatic heterocycles. The molecule has 1 amide bonds. The number of hydrogen-bond donors (Lipinski definition) is 2. The van der Waals surface area contributed by atoms with Crippen LogP contribution in [0.2, 0.25) is 0 Å². The smallest absolute Gasteiger partial charge is 0.253 e. The fraction of sp³-hybridized carbons (Fsp3) is 0.200. The monoisotopic (exact) mass is 417 g/mol. The number of carbonyl (C=O) groups excluding carboxylic acids is 1. The SMILES string of the molecule is Cc1ccc([C@@H](NC(=S)Nc2ccc(C(=O)N(C)C)cc2)c2ccccc2)c(C)c1. The van der Waals surface area contributed by atoms with Gasteiger partial charge in [-0.2, -0.15) is 0 Å². The van der Waals surface area contributed by atoms with E-state index in [1.165, 1.54) is 16.7 Å². The first-order valence-corrected chi connectivity index (χ1v) is 10.3. The van der Waals surface area contributed by atoms with Crippen LogP contribution in [0.4, 0.5) is 5.69 Å². The van der Waals surface area contributed by atoms with Gasteiger partial charge in [0.2, 0.25) is 0 Å². The van der Waals surface area contributed by atoms with Crippen LogP contribution in [0.5, 0.6) is 0 Å². The summed E-state index contributed by atoms with van der Waals surface area (Å²) in [5, 5.41) is 7.22. The second-order valence-electron chi connectivity index (χ2n) is 7.58. The number of nitrogens with one attached hydrogen (secondary N) is 2. The first-order chi connectivity index (χ1) is 14.3. The summed E-state index contributed by atoms with van der Waals surface area (Å²) in [5.74, 6) is -0.0266. The normalized spacial score (nSPS) is 11.5. The molecule has 3 aromatic carbocycles. The van der Waals surface area contributed by atoms with E-state index in [2.05, 4.69) is 54.8 Å². The first kappa shape index (κ1) is 21.5. The van der Waals surface area contributed by atoms with Crippen LogP contribution in [0.1, 0.15) is 38.7 Å². The highest BCUT2D eigenvalue weighted by atomic mass is 32.1. The van der Waals surface area contributed by atoms with Crippen molar-refractivity contribution in [2.24, 2.45) is 0 Å². The van der Waals surface area contributed by atoms with Crippen LogP contribution in [0, 0.1) is 13.8 Å². The maximum atomic E-state index is 12.1. The summed E-state index contributed by atoms with van der Waals surface area (Å²) in [6, 6.07) is 24.0. The van der Waals surface area contributed by atoms with Gasteiger partial charge in [0.05, 0.1) is 6.04 Å². The molecule has 5 heteroatoms. The van der Waals surface area contributed by atoms with Crippen LogP contribution in [0.15, 0.2) is 72.8 Å². The third kappa shape index (κ3) is 5.24. The second kappa shape index (κ2) is 9.55. The van der Waals surface area contributed by atoms with Gasteiger partial charge in [-0.3, -0.25) is 4.79 Å². The fourth-order valence-electron chi connectivity index (χ4n) is 3.39. The number of benzene rings is 3. The molecule has 0 heterocycles. The van der Waals surface area contributed by atoms with Crippen LogP contribution in [-0.2, 0) is 0 Å². The maximum Gasteiger partial charge on any atom is 0.253 e. The van der Waals surface area contributed by atoms with Crippen molar-refractivity contribution in [2.45, 2.75) is 19.9 Å². The Bertz CT molecular complexity index is 1030. The predicted octanol–water partition coefficient (Wildman–Crippen LogP) is 5.08. The molecule has 3 rings (SSSR count). The summed E-state index contributed by atoms with van der Waals surface area (Å²) in [6.07, 6.45) is 0. The molecule has 0 aliphatic heterocycles. The van der Waals surface area contributed by atoms with Crippen molar-refractivity contribution in [3.8, 4) is 0 Å². The van der Waals surface area contributed by atoms with Gasteiger partial charge in [0.1, 0.15) is 0 Å². The molecular formula is C25H27N3OS. The largest absolute Gasteiger partial charge is 0.352 e. The van der Waals surface area contributed by atoms with Crippen molar-refractivity contribution in [1.82, 2.24) is 10.2 Å². The molecule has 1 atom stereocenters. The molecule has 0 fully saturated rings. The minimum atomic E-state index is -0.0682. The molecular weight excluding hydrogens is 390 g/mol. The topological polar surface area (TPSA) is 44.4 Å². The Morgan fingerprint density at radius 3 is 2.20 bits per heavy atom. The lowest BCUT2D eigenvalue weighted by Gasteiger charge is -2.24. The van der Waals surface area contributed by atoms with Gasteiger partial charge < -0.3 is 15.5 Å². The van der Waals surface area contributed by atoms with E-state index in [9.17, 15) is 4.79 Å². The zero-order valence-electron chi connectivity index (χ0n) is 17.8. The molecule has 0 saturated carbocycles. The van der Waals surface area contributed by atoms with Crippen LogP contribution < -0.4 is 10.6 Å². The Kier molecular flexibility index (Phi) is 6.85. The highest BCUT2D eigenvalue weighted by molar-refractivity contribution is 7.80. The number of rotatable bonds is 5. The minimum Gasteiger partial charge on any atom is -0.352 e. The molecule has 4 nitrogen and oxygen atoms in total. The lowest BCUT2D eigenvalue weighted by Crippen LogP contribution is -2.33. The van der Waals surface area contributed by atoms with E-state index >= 15 is 0 Å². The van der Waals surface area contributed by atoms with Crippen molar-refractivity contribution < 1.29 is 4.79 Å². The highest BCUT2D eigenvalue weighted by Gasteiger charge is 2.17. The summed E-state index contributed by atoms with van der Waals surface area (Å²) in [7, 11) is 3.48. The van der Waals surface area contributed by atoms with Gasteiger partial charge in [0.15, 0.2) is 5.11 Å². The molecule has 3 aromatic rings. The first-order valence-electron chi connectivity index (χ1n) is 9.86. The minimum absolute atomic E-state index is 0.0266. The summed E-state index contributed by atoms with van der Waals surface area (Å²) in [4.78, 5) is 13.6. The van der Waals surface area contributed by atoms with E-state index in [1.807, 2.05) is 30.3 Å². The molecule has 0 unspecified atom stereocenters. The van der Waals surface area contributed by atoms with E-state index in [4.69, 9.17) is 12.2 Å². The average molecular weight is 418 g/mol. The zero-order valence-corrected chi connectivity index (χ0v) is 18.6. The van der Waals surface area contributed by atoms with Crippen molar-refractivity contribution >= 4 is 28.9 Å². The molecule has 0 bridgehead atoms. The van der Waals surface area contributed by atoms with Crippen molar-refractivity contribution in [3.63, 3.8) is 0 Å². The van der Waals surface area contributed by atoms with Crippen molar-refractivity contribution in [2.75, 3.05) is 19.4 Å². The number of carbonyl (C=O) groups is 1. The van der Waals surface area contributed by atoms with Gasteiger partial charge >= 0.3 is 0 Å². The van der Waals surface area contributed by atoms with Crippen LogP contribution in [0.25, 0.3) is 0 Å². The fourth-order valence-corrected chi connectivity index (χ4v) is 3.62. The van der Waals surface area contributed by atoms with Crippen LogP contribution in [0.3, 0.4) is 0 Å². The van der Waals surface area contributed by atoms with E-state index < -0.39 is 0 Å². The number of aryl methyl sites for hydroxylation is 2. The predicted molar refractivity (Wildman–Crippen MR) is 128 cm³/mol. The highest BCUT2D eigenvalue weighted by Crippen LogP contribution is 2.26. The summed E-state index contributed by atoms with van der Waals surface area (Å²) in [6.45, 7) is 4.22. The Hall–Kier alpha value is -3.18. The number of thiocarbonyl (C=S) groups is 1. The van der Waals surface area contributed by atoms with Gasteiger partial charge in [0, 0.05) is 25.3 Å². The zero-order chi connectivity index (χ0) is 21.7. The van der Waals surface area contributed by atoms with Gasteiger partial charge in [-0.15, -0.1) is 0 Å². The van der Waals surface area contributed by atoms with Gasteiger partial charge in [-0.05, 0) is 67.0 Å². The summed E-state index contributed by atoms with van der Waals surface area (Å²) >= 11 is 5.61. The van der Waals surface area contributed by atoms with Crippen molar-refractivity contribution in [1.29, 1.82) is 0 Å². The van der Waals surface area contributed by atoms with Crippen LogP contribution in [-0.4, -0.2) is 30.0 Å². The molecule has 30 heavy (non-hydrogen) atoms. The molecule has 154 valence electrons. The molecule has 0 aliphatic rings. The standard InChI is InChI=1S/C25H27N3OS/c1-17-10-15-22(18(2)16-17)23(19-8-6-5-7-9-19)27-25(30)26-21-13-11-20(12-14-21)24(29)28(3)4/h5-16,23H,1-4H3,(H2,26,27,30)/t23-/m0/s1. The molecule has 0 radical (unpaired) electrons. The van der Waals surface area contributed by atoms with E-state index in [0.717, 1.165) is 11.3 Å². The molecule has 0 aliphatic carbocycles. The lowest BCUT2D eigenvalue weighted by atomic mass is 9.94. The van der Waals surface area contributed by atoms with Gasteiger partial charge in [-0.25, -0.2) is 0 Å². The lowest BCUT2D eigenvalue weighted by molar-refractivity contribution is 0.0827. The van der Waals surface area contributed by atoms with Crippen molar-refractivity contribution in [3.05, 3.63) is 101 Å². The quantitative estimate of drug-likeness (QED) is 0.568. The van der Waals surface area contributed by atoms with Gasteiger partial charge in [0.25, 0.3) is 5.91 Å². The number of nitrogens with zero attached hydrogens (tertiary/aromatic N) is 1. The molecule has 0 spiro atoms. The summed E-state index contributed by atoms with van der Waals surface area (Å²) in [5.41, 5.74) is 6.24. The number of hydrogen-bond acceptors (Lipinski definition) is 2. The average Bonchev–Trinajstić information content (AvgIpc) is 2.73. The second-order valence-corrected chi connectivity index (χ2v) is 7.99. The third-order valence-electron chi connectivity index (χ3n) is 4.94. The molecule has 0 saturated heterocycles.